The van der Waals surface area contributed by atoms with Crippen molar-refractivity contribution in [2.24, 2.45) is 0 Å². The molecule has 0 unspecified atom stereocenters. The lowest BCUT2D eigenvalue weighted by molar-refractivity contribution is 0.863. The third-order valence-electron chi connectivity index (χ3n) is 3.67. The average molecular weight is 322 g/mol. The smallest absolute Gasteiger partial charge is 0.260 e. The van der Waals surface area contributed by atoms with Gasteiger partial charge in [-0.1, -0.05) is 24.3 Å². The van der Waals surface area contributed by atoms with E-state index in [1.54, 1.807) is 17.4 Å². The van der Waals surface area contributed by atoms with Crippen molar-refractivity contribution in [2.45, 2.75) is 6.54 Å². The number of hydrogen-bond acceptors (Lipinski definition) is 5. The summed E-state index contributed by atoms with van der Waals surface area (Å²) in [4.78, 5) is 26.1. The van der Waals surface area contributed by atoms with Crippen LogP contribution in [-0.2, 0) is 6.54 Å². The molecule has 0 amide bonds. The predicted molar refractivity (Wildman–Crippen MR) is 94.1 cm³/mol. The molecule has 0 aliphatic carbocycles. The number of H-pyrrole nitrogens is 1. The molecular formula is C17H14N4OS. The van der Waals surface area contributed by atoms with E-state index in [1.165, 1.54) is 0 Å². The Morgan fingerprint density at radius 1 is 1.04 bits per heavy atom. The second-order valence-electron chi connectivity index (χ2n) is 5.34. The van der Waals surface area contributed by atoms with Crippen molar-refractivity contribution < 1.29 is 0 Å². The second-order valence-corrected chi connectivity index (χ2v) is 6.45. The Bertz CT molecular complexity index is 1020. The van der Waals surface area contributed by atoms with Gasteiger partial charge in [0, 0.05) is 7.05 Å². The number of aromatic amines is 1. The van der Waals surface area contributed by atoms with Gasteiger partial charge in [0.15, 0.2) is 0 Å². The molecular weight excluding hydrogens is 308 g/mol. The standard InChI is InChI=1S/C17H14N4OS/c1-21(10-15-18-13-8-4-5-9-14(13)23-15)17-19-12-7-3-2-6-11(12)16(22)20-17/h2-9H,10H2,1H3,(H,19,20,22). The molecule has 0 aliphatic heterocycles. The maximum atomic E-state index is 12.2. The molecule has 2 aromatic heterocycles. The predicted octanol–water partition coefficient (Wildman–Crippen LogP) is 3.17. The molecule has 0 saturated carbocycles. The zero-order valence-electron chi connectivity index (χ0n) is 12.5. The Labute approximate surface area is 136 Å². The number of hydrogen-bond donors (Lipinski definition) is 1. The molecule has 4 rings (SSSR count). The van der Waals surface area contributed by atoms with Crippen LogP contribution in [0.15, 0.2) is 53.3 Å². The molecule has 2 aromatic carbocycles. The van der Waals surface area contributed by atoms with Crippen LogP contribution in [0.2, 0.25) is 0 Å². The number of thiazole rings is 1. The Balaban J connectivity index is 1.68. The molecule has 23 heavy (non-hydrogen) atoms. The molecule has 1 N–H and O–H groups in total. The minimum Gasteiger partial charge on any atom is -0.339 e. The lowest BCUT2D eigenvalue weighted by Gasteiger charge is -2.16. The first-order valence-electron chi connectivity index (χ1n) is 7.25. The molecule has 114 valence electrons. The fourth-order valence-electron chi connectivity index (χ4n) is 2.52. The van der Waals surface area contributed by atoms with Crippen molar-refractivity contribution in [3.05, 3.63) is 63.9 Å². The summed E-state index contributed by atoms with van der Waals surface area (Å²) in [6.07, 6.45) is 0. The molecule has 0 fully saturated rings. The highest BCUT2D eigenvalue weighted by Gasteiger charge is 2.11. The maximum absolute atomic E-state index is 12.2. The number of nitrogens with zero attached hydrogens (tertiary/aromatic N) is 3. The number of benzene rings is 2. The largest absolute Gasteiger partial charge is 0.339 e. The quantitative estimate of drug-likeness (QED) is 0.629. The van der Waals surface area contributed by atoms with Crippen LogP contribution in [0.4, 0.5) is 5.95 Å². The molecule has 2 heterocycles. The van der Waals surface area contributed by atoms with Crippen LogP contribution in [0.3, 0.4) is 0 Å². The number of aromatic nitrogens is 3. The zero-order chi connectivity index (χ0) is 15.8. The van der Waals surface area contributed by atoms with Gasteiger partial charge in [0.05, 0.1) is 27.7 Å². The molecule has 0 radical (unpaired) electrons. The number of anilines is 1. The fourth-order valence-corrected chi connectivity index (χ4v) is 3.54. The molecule has 6 heteroatoms. The van der Waals surface area contributed by atoms with E-state index in [9.17, 15) is 4.79 Å². The van der Waals surface area contributed by atoms with Crippen LogP contribution in [-0.4, -0.2) is 22.0 Å². The molecule has 5 nitrogen and oxygen atoms in total. The number of para-hydroxylation sites is 2. The zero-order valence-corrected chi connectivity index (χ0v) is 13.3. The summed E-state index contributed by atoms with van der Waals surface area (Å²) in [5.41, 5.74) is 1.57. The van der Waals surface area contributed by atoms with E-state index in [2.05, 4.69) is 21.0 Å². The van der Waals surface area contributed by atoms with Crippen molar-refractivity contribution in [1.29, 1.82) is 0 Å². The van der Waals surface area contributed by atoms with Crippen LogP contribution in [0.5, 0.6) is 0 Å². The second kappa shape index (κ2) is 5.48. The van der Waals surface area contributed by atoms with E-state index in [1.807, 2.05) is 48.3 Å². The van der Waals surface area contributed by atoms with E-state index < -0.39 is 0 Å². The third kappa shape index (κ3) is 2.57. The summed E-state index contributed by atoms with van der Waals surface area (Å²) >= 11 is 1.66. The SMILES string of the molecule is CN(Cc1nc2ccccc2s1)c1nc2ccccc2c(=O)[nH]1. The van der Waals surface area contributed by atoms with Crippen LogP contribution >= 0.6 is 11.3 Å². The van der Waals surface area contributed by atoms with Gasteiger partial charge >= 0.3 is 0 Å². The maximum Gasteiger partial charge on any atom is 0.260 e. The molecule has 0 bridgehead atoms. The van der Waals surface area contributed by atoms with Gasteiger partial charge in [-0.15, -0.1) is 11.3 Å². The first-order valence-corrected chi connectivity index (χ1v) is 8.07. The van der Waals surface area contributed by atoms with Gasteiger partial charge in [-0.2, -0.15) is 0 Å². The molecule has 0 spiro atoms. The average Bonchev–Trinajstić information content (AvgIpc) is 2.97. The van der Waals surface area contributed by atoms with Gasteiger partial charge in [0.2, 0.25) is 5.95 Å². The highest BCUT2D eigenvalue weighted by Crippen LogP contribution is 2.23. The van der Waals surface area contributed by atoms with Crippen molar-refractivity contribution in [3.63, 3.8) is 0 Å². The summed E-state index contributed by atoms with van der Waals surface area (Å²) in [5.74, 6) is 0.549. The summed E-state index contributed by atoms with van der Waals surface area (Å²) in [5, 5.41) is 1.59. The number of fused-ring (bicyclic) bond motifs is 2. The highest BCUT2D eigenvalue weighted by atomic mass is 32.1. The van der Waals surface area contributed by atoms with Gasteiger partial charge < -0.3 is 4.90 Å². The molecule has 0 aliphatic rings. The van der Waals surface area contributed by atoms with Gasteiger partial charge in [-0.25, -0.2) is 9.97 Å². The van der Waals surface area contributed by atoms with Gasteiger partial charge in [-0.3, -0.25) is 9.78 Å². The number of nitrogens with one attached hydrogen (secondary N) is 1. The van der Waals surface area contributed by atoms with E-state index in [0.29, 0.717) is 23.4 Å². The minimum atomic E-state index is -0.123. The van der Waals surface area contributed by atoms with Gasteiger partial charge in [0.25, 0.3) is 5.56 Å². The van der Waals surface area contributed by atoms with Crippen LogP contribution in [0.25, 0.3) is 21.1 Å². The third-order valence-corrected chi connectivity index (χ3v) is 4.69. The van der Waals surface area contributed by atoms with Crippen molar-refractivity contribution in [1.82, 2.24) is 15.0 Å². The number of rotatable bonds is 3. The lowest BCUT2D eigenvalue weighted by atomic mass is 10.2. The fraction of sp³-hybridized carbons (Fsp3) is 0.118. The first kappa shape index (κ1) is 13.9. The Morgan fingerprint density at radius 3 is 2.61 bits per heavy atom. The Hall–Kier alpha value is -2.73. The molecule has 0 atom stereocenters. The van der Waals surface area contributed by atoms with E-state index in [-0.39, 0.29) is 5.56 Å². The van der Waals surface area contributed by atoms with Crippen LogP contribution < -0.4 is 10.5 Å². The monoisotopic (exact) mass is 322 g/mol. The summed E-state index contributed by atoms with van der Waals surface area (Å²) in [7, 11) is 1.90. The first-order chi connectivity index (χ1) is 11.2. The Morgan fingerprint density at radius 2 is 1.78 bits per heavy atom. The molecule has 0 saturated heterocycles. The van der Waals surface area contributed by atoms with E-state index in [4.69, 9.17) is 0 Å². The topological polar surface area (TPSA) is 61.9 Å². The van der Waals surface area contributed by atoms with Gasteiger partial charge in [-0.05, 0) is 24.3 Å². The molecule has 4 aromatic rings. The van der Waals surface area contributed by atoms with Crippen LogP contribution in [0, 0.1) is 0 Å². The summed E-state index contributed by atoms with van der Waals surface area (Å²) < 4.78 is 1.16. The summed E-state index contributed by atoms with van der Waals surface area (Å²) in [6, 6.07) is 15.4. The Kier molecular flexibility index (Phi) is 3.31. The minimum absolute atomic E-state index is 0.123. The normalized spacial score (nSPS) is 11.2. The van der Waals surface area contributed by atoms with E-state index >= 15 is 0 Å². The highest BCUT2D eigenvalue weighted by molar-refractivity contribution is 7.18. The van der Waals surface area contributed by atoms with Crippen LogP contribution in [0.1, 0.15) is 5.01 Å². The van der Waals surface area contributed by atoms with E-state index in [0.717, 1.165) is 15.2 Å². The van der Waals surface area contributed by atoms with Crippen molar-refractivity contribution >= 4 is 38.4 Å². The van der Waals surface area contributed by atoms with Crippen molar-refractivity contribution in [2.75, 3.05) is 11.9 Å². The van der Waals surface area contributed by atoms with Gasteiger partial charge in [0.1, 0.15) is 5.01 Å². The summed E-state index contributed by atoms with van der Waals surface area (Å²) in [6.45, 7) is 0.598. The van der Waals surface area contributed by atoms with Crippen molar-refractivity contribution in [3.8, 4) is 0 Å². The lowest BCUT2D eigenvalue weighted by Crippen LogP contribution is -2.22.